The van der Waals surface area contributed by atoms with Gasteiger partial charge in [-0.05, 0) is 37.8 Å². The first-order valence-electron chi connectivity index (χ1n) is 11.8. The van der Waals surface area contributed by atoms with Gasteiger partial charge in [0.1, 0.15) is 5.58 Å². The summed E-state index contributed by atoms with van der Waals surface area (Å²) in [4.78, 5) is 26.4. The van der Waals surface area contributed by atoms with Gasteiger partial charge < -0.3 is 29.2 Å². The van der Waals surface area contributed by atoms with Crippen molar-refractivity contribution in [2.24, 2.45) is 0 Å². The van der Waals surface area contributed by atoms with Crippen molar-refractivity contribution >= 4 is 22.8 Å². The fourth-order valence-corrected chi connectivity index (χ4v) is 4.35. The quantitative estimate of drug-likeness (QED) is 0.504. The number of benzene rings is 1. The number of hydrogen-bond donors (Lipinski definition) is 2. The molecule has 2 aromatic rings. The summed E-state index contributed by atoms with van der Waals surface area (Å²) in [5.74, 6) is 0.0503. The van der Waals surface area contributed by atoms with E-state index in [0.717, 1.165) is 35.9 Å². The fourth-order valence-electron chi connectivity index (χ4n) is 4.35. The molecule has 33 heavy (non-hydrogen) atoms. The van der Waals surface area contributed by atoms with Crippen LogP contribution >= 0.6 is 0 Å². The average molecular weight is 457 g/mol. The molecule has 2 N–H and O–H groups in total. The van der Waals surface area contributed by atoms with Crippen LogP contribution in [-0.4, -0.2) is 61.0 Å². The Kier molecular flexibility index (Phi) is 8.01. The third-order valence-corrected chi connectivity index (χ3v) is 6.11. The van der Waals surface area contributed by atoms with Crippen LogP contribution in [-0.2, 0) is 19.1 Å². The number of nitrogens with zero attached hydrogens (tertiary/aromatic N) is 1. The predicted molar refractivity (Wildman–Crippen MR) is 122 cm³/mol. The Bertz CT molecular complexity index is 984. The number of nitrogens with one attached hydrogen (secondary N) is 1. The van der Waals surface area contributed by atoms with Gasteiger partial charge in [-0.3, -0.25) is 9.59 Å². The highest BCUT2D eigenvalue weighted by Crippen LogP contribution is 2.36. The van der Waals surface area contributed by atoms with Crippen LogP contribution in [0.25, 0.3) is 11.0 Å². The number of aliphatic hydroxyl groups is 1. The van der Waals surface area contributed by atoms with E-state index in [1.807, 2.05) is 35.2 Å². The Morgan fingerprint density at radius 3 is 2.94 bits per heavy atom. The molecule has 8 heteroatoms. The van der Waals surface area contributed by atoms with E-state index in [1.165, 1.54) is 0 Å². The molecule has 2 aliphatic heterocycles. The molecule has 8 nitrogen and oxygen atoms in total. The number of unbranched alkanes of at least 4 members (excludes halogenated alkanes) is 1. The fraction of sp³-hybridized carbons (Fsp3) is 0.520. The normalized spacial score (nSPS) is 20.7. The Labute approximate surface area is 193 Å². The van der Waals surface area contributed by atoms with E-state index in [1.54, 1.807) is 6.26 Å². The lowest BCUT2D eigenvalue weighted by atomic mass is 9.92. The smallest absolute Gasteiger partial charge is 0.286 e. The molecule has 178 valence electrons. The van der Waals surface area contributed by atoms with Gasteiger partial charge in [0.25, 0.3) is 5.91 Å². The van der Waals surface area contributed by atoms with Crippen LogP contribution in [0.5, 0.6) is 0 Å². The number of rotatable bonds is 11. The van der Waals surface area contributed by atoms with Gasteiger partial charge in [-0.15, -0.1) is 0 Å². The summed E-state index contributed by atoms with van der Waals surface area (Å²) in [6, 6.07) is 7.82. The van der Waals surface area contributed by atoms with Gasteiger partial charge in [0, 0.05) is 56.0 Å². The van der Waals surface area contributed by atoms with E-state index in [4.69, 9.17) is 19.0 Å². The molecule has 4 rings (SSSR count). The molecule has 0 spiro atoms. The number of allylic oxidation sites excluding steroid dienone is 1. The number of amides is 2. The maximum atomic E-state index is 12.9. The van der Waals surface area contributed by atoms with Gasteiger partial charge in [-0.2, -0.15) is 0 Å². The number of ether oxygens (including phenoxy) is 2. The largest absolute Gasteiger partial charge is 0.464 e. The summed E-state index contributed by atoms with van der Waals surface area (Å²) in [6.45, 7) is 2.48. The van der Waals surface area contributed by atoms with Crippen LogP contribution in [0.15, 0.2) is 46.8 Å². The Morgan fingerprint density at radius 2 is 2.12 bits per heavy atom. The highest BCUT2D eigenvalue weighted by Gasteiger charge is 2.30. The minimum Gasteiger partial charge on any atom is -0.464 e. The molecule has 0 radical (unpaired) electrons. The summed E-state index contributed by atoms with van der Waals surface area (Å²) >= 11 is 0. The molecule has 1 saturated heterocycles. The molecule has 3 heterocycles. The van der Waals surface area contributed by atoms with Gasteiger partial charge in [0.05, 0.1) is 12.9 Å². The number of para-hydroxylation sites is 1. The molecule has 1 aromatic carbocycles. The van der Waals surface area contributed by atoms with Crippen LogP contribution in [0.3, 0.4) is 0 Å². The summed E-state index contributed by atoms with van der Waals surface area (Å²) in [5.41, 5.74) is 1.80. The minimum absolute atomic E-state index is 0.0896. The number of aliphatic hydroxyl groups excluding tert-OH is 1. The van der Waals surface area contributed by atoms with E-state index in [-0.39, 0.29) is 30.1 Å². The van der Waals surface area contributed by atoms with Gasteiger partial charge in [0.2, 0.25) is 12.2 Å². The van der Waals surface area contributed by atoms with Crippen LogP contribution in [0, 0.1) is 0 Å². The summed E-state index contributed by atoms with van der Waals surface area (Å²) in [5, 5.41) is 12.9. The Hall–Kier alpha value is -2.84. The van der Waals surface area contributed by atoms with Gasteiger partial charge >= 0.3 is 0 Å². The van der Waals surface area contributed by atoms with Gasteiger partial charge in [0.15, 0.2) is 5.76 Å². The maximum absolute atomic E-state index is 12.9. The van der Waals surface area contributed by atoms with Crippen molar-refractivity contribution in [2.45, 2.75) is 50.7 Å². The van der Waals surface area contributed by atoms with Crippen LogP contribution in [0.4, 0.5) is 0 Å². The standard InChI is InChI=1S/C25H32N2O6/c28-13-3-4-14-31-24-16-18(20-17-32-21-8-2-1-7-19(20)21)15-22(33-24)25(30)26-10-6-12-27-11-5-9-23(27)29/h1-2,7-8,15,17-18,24,28H,3-6,9-14,16H2,(H,26,30). The SMILES string of the molecule is O=C(NCCCN1CCCC1=O)C1=CC(c2coc3ccccc23)CC(OCCCCO)O1. The van der Waals surface area contributed by atoms with E-state index in [9.17, 15) is 9.59 Å². The maximum Gasteiger partial charge on any atom is 0.286 e. The molecular formula is C25H32N2O6. The molecule has 1 aromatic heterocycles. The van der Waals surface area contributed by atoms with Crippen molar-refractivity contribution in [1.29, 1.82) is 0 Å². The number of furan rings is 1. The first kappa shape index (κ1) is 23.3. The lowest BCUT2D eigenvalue weighted by molar-refractivity contribution is -0.146. The zero-order valence-electron chi connectivity index (χ0n) is 18.8. The summed E-state index contributed by atoms with van der Waals surface area (Å²) < 4.78 is 17.5. The molecule has 0 aliphatic carbocycles. The van der Waals surface area contributed by atoms with Crippen molar-refractivity contribution in [1.82, 2.24) is 10.2 Å². The third-order valence-electron chi connectivity index (χ3n) is 6.11. The van der Waals surface area contributed by atoms with E-state index in [2.05, 4.69) is 5.32 Å². The van der Waals surface area contributed by atoms with Crippen LogP contribution in [0.1, 0.15) is 50.0 Å². The lowest BCUT2D eigenvalue weighted by Gasteiger charge is -2.29. The molecule has 2 amide bonds. The van der Waals surface area contributed by atoms with Crippen LogP contribution < -0.4 is 5.32 Å². The second-order valence-electron chi connectivity index (χ2n) is 8.50. The summed E-state index contributed by atoms with van der Waals surface area (Å²) in [7, 11) is 0. The second kappa shape index (κ2) is 11.3. The molecule has 2 atom stereocenters. The van der Waals surface area contributed by atoms with E-state index < -0.39 is 6.29 Å². The average Bonchev–Trinajstić information content (AvgIpc) is 3.45. The van der Waals surface area contributed by atoms with Crippen molar-refractivity contribution < 1.29 is 28.6 Å². The predicted octanol–water partition coefficient (Wildman–Crippen LogP) is 3.06. The second-order valence-corrected chi connectivity index (χ2v) is 8.50. The number of hydrogen-bond acceptors (Lipinski definition) is 6. The van der Waals surface area contributed by atoms with Crippen LogP contribution in [0.2, 0.25) is 0 Å². The molecule has 2 unspecified atom stereocenters. The molecular weight excluding hydrogens is 424 g/mol. The Balaban J connectivity index is 1.40. The van der Waals surface area contributed by atoms with Crippen molar-refractivity contribution in [3.8, 4) is 0 Å². The highest BCUT2D eigenvalue weighted by molar-refractivity contribution is 5.92. The van der Waals surface area contributed by atoms with Crippen molar-refractivity contribution in [3.05, 3.63) is 47.9 Å². The topological polar surface area (TPSA) is 101 Å². The number of carbonyl (C=O) groups excluding carboxylic acids is 2. The Morgan fingerprint density at radius 1 is 1.24 bits per heavy atom. The number of likely N-dealkylation sites (tertiary alicyclic amines) is 1. The molecule has 0 saturated carbocycles. The number of fused-ring (bicyclic) bond motifs is 1. The van der Waals surface area contributed by atoms with Crippen molar-refractivity contribution in [3.63, 3.8) is 0 Å². The molecule has 1 fully saturated rings. The van der Waals surface area contributed by atoms with E-state index in [0.29, 0.717) is 45.4 Å². The van der Waals surface area contributed by atoms with Gasteiger partial charge in [-0.25, -0.2) is 0 Å². The molecule has 2 aliphatic rings. The summed E-state index contributed by atoms with van der Waals surface area (Å²) in [6.07, 6.45) is 7.19. The minimum atomic E-state index is -0.560. The first-order valence-corrected chi connectivity index (χ1v) is 11.8. The zero-order chi connectivity index (χ0) is 23.0. The molecule has 0 bridgehead atoms. The highest BCUT2D eigenvalue weighted by atomic mass is 16.7. The lowest BCUT2D eigenvalue weighted by Crippen LogP contribution is -2.35. The zero-order valence-corrected chi connectivity index (χ0v) is 18.8. The third kappa shape index (κ3) is 5.94. The number of carbonyl (C=O) groups is 2. The first-order chi connectivity index (χ1) is 16.2. The van der Waals surface area contributed by atoms with E-state index >= 15 is 0 Å². The van der Waals surface area contributed by atoms with Crippen molar-refractivity contribution in [2.75, 3.05) is 32.8 Å². The monoisotopic (exact) mass is 456 g/mol. The van der Waals surface area contributed by atoms with Gasteiger partial charge in [-0.1, -0.05) is 18.2 Å².